The highest BCUT2D eigenvalue weighted by molar-refractivity contribution is 7.17. The third kappa shape index (κ3) is 4.10. The molecule has 2 amide bonds. The number of fused-ring (bicyclic) bond motifs is 1. The molecule has 0 fully saturated rings. The third-order valence-corrected chi connectivity index (χ3v) is 4.88. The second kappa shape index (κ2) is 7.59. The molecule has 0 bridgehead atoms. The van der Waals surface area contributed by atoms with E-state index in [0.717, 1.165) is 36.1 Å². The Hall–Kier alpha value is -1.89. The third-order valence-electron chi connectivity index (χ3n) is 3.67. The van der Waals surface area contributed by atoms with Crippen LogP contribution in [-0.4, -0.2) is 30.4 Å². The minimum atomic E-state index is -0.869. The van der Waals surface area contributed by atoms with Gasteiger partial charge in [0.25, 0.3) is 5.91 Å². The topological polar surface area (TPSA) is 84.5 Å². The lowest BCUT2D eigenvalue weighted by atomic mass is 9.95. The fourth-order valence-corrected chi connectivity index (χ4v) is 3.94. The van der Waals surface area contributed by atoms with Gasteiger partial charge in [-0.15, -0.1) is 11.3 Å². The van der Waals surface area contributed by atoms with E-state index in [0.29, 0.717) is 17.1 Å². The predicted molar refractivity (Wildman–Crippen MR) is 88.8 cm³/mol. The first-order valence-corrected chi connectivity index (χ1v) is 8.66. The Bertz CT molecular complexity index is 624. The van der Waals surface area contributed by atoms with Crippen molar-refractivity contribution in [3.8, 4) is 0 Å². The van der Waals surface area contributed by atoms with Crippen molar-refractivity contribution in [3.63, 3.8) is 0 Å². The number of nitrogens with one attached hydrogen (secondary N) is 2. The Labute approximate surface area is 139 Å². The quantitative estimate of drug-likeness (QED) is 0.807. The average Bonchev–Trinajstić information content (AvgIpc) is 2.84. The van der Waals surface area contributed by atoms with Gasteiger partial charge in [0.15, 0.2) is 6.10 Å². The molecule has 126 valence electrons. The van der Waals surface area contributed by atoms with Crippen LogP contribution in [0.1, 0.15) is 54.4 Å². The number of esters is 1. The number of hydrogen-bond donors (Lipinski definition) is 2. The lowest BCUT2D eigenvalue weighted by molar-refractivity contribution is -0.129. The highest BCUT2D eigenvalue weighted by Gasteiger charge is 2.29. The number of anilines is 1. The van der Waals surface area contributed by atoms with E-state index in [9.17, 15) is 14.4 Å². The average molecular weight is 338 g/mol. The summed E-state index contributed by atoms with van der Waals surface area (Å²) in [6.45, 7) is 5.23. The molecule has 1 aliphatic rings. The van der Waals surface area contributed by atoms with Crippen LogP contribution in [0.3, 0.4) is 0 Å². The van der Waals surface area contributed by atoms with Crippen LogP contribution in [0.15, 0.2) is 0 Å². The number of carbonyl (C=O) groups excluding carboxylic acids is 3. The van der Waals surface area contributed by atoms with Crippen LogP contribution >= 0.6 is 11.3 Å². The molecule has 1 aromatic heterocycles. The Morgan fingerprint density at radius 1 is 1.26 bits per heavy atom. The fourth-order valence-electron chi connectivity index (χ4n) is 2.62. The monoisotopic (exact) mass is 338 g/mol. The summed E-state index contributed by atoms with van der Waals surface area (Å²) < 4.78 is 5.30. The molecule has 1 aromatic rings. The maximum absolute atomic E-state index is 12.6. The zero-order valence-corrected chi connectivity index (χ0v) is 14.5. The van der Waals surface area contributed by atoms with Crippen LogP contribution in [0, 0.1) is 0 Å². The van der Waals surface area contributed by atoms with E-state index in [1.807, 2.05) is 0 Å². The van der Waals surface area contributed by atoms with E-state index in [1.165, 1.54) is 18.3 Å². The van der Waals surface area contributed by atoms with Gasteiger partial charge < -0.3 is 15.4 Å². The van der Waals surface area contributed by atoms with Gasteiger partial charge in [0.05, 0.1) is 5.56 Å². The Morgan fingerprint density at radius 2 is 1.96 bits per heavy atom. The maximum atomic E-state index is 12.6. The number of rotatable bonds is 5. The summed E-state index contributed by atoms with van der Waals surface area (Å²) in [5, 5.41) is 5.86. The van der Waals surface area contributed by atoms with Gasteiger partial charge in [-0.2, -0.15) is 0 Å². The number of likely N-dealkylation sites (N-methyl/N-ethyl adjacent to an activating group) is 1. The van der Waals surface area contributed by atoms with Crippen molar-refractivity contribution in [3.05, 3.63) is 16.0 Å². The number of ether oxygens (including phenoxy) is 1. The molecular formula is C16H22N2O4S. The van der Waals surface area contributed by atoms with Gasteiger partial charge in [0.1, 0.15) is 5.00 Å². The Kier molecular flexibility index (Phi) is 5.76. The number of thiophene rings is 1. The van der Waals surface area contributed by atoms with Crippen molar-refractivity contribution in [1.82, 2.24) is 5.32 Å². The molecule has 0 aromatic carbocycles. The standard InChI is InChI=1S/C16H22N2O4S/c1-4-17-14(20)9(2)22-16(21)13-11-7-5-6-8-12(11)23-15(13)18-10(3)19/h9H,4-8H2,1-3H3,(H,17,20)(H,18,19)/t9-/m1/s1. The normalized spacial score (nSPS) is 14.6. The molecule has 0 spiro atoms. The largest absolute Gasteiger partial charge is 0.449 e. The summed E-state index contributed by atoms with van der Waals surface area (Å²) in [6.07, 6.45) is 2.93. The molecule has 1 aliphatic carbocycles. The first kappa shape index (κ1) is 17.5. The lowest BCUT2D eigenvalue weighted by Gasteiger charge is -2.15. The molecular weight excluding hydrogens is 316 g/mol. The predicted octanol–water partition coefficient (Wildman–Crippen LogP) is 2.27. The molecule has 0 radical (unpaired) electrons. The molecule has 0 saturated carbocycles. The molecule has 23 heavy (non-hydrogen) atoms. The first-order chi connectivity index (χ1) is 10.9. The van der Waals surface area contributed by atoms with Crippen molar-refractivity contribution in [2.24, 2.45) is 0 Å². The number of hydrogen-bond acceptors (Lipinski definition) is 5. The van der Waals surface area contributed by atoms with Crippen molar-refractivity contribution < 1.29 is 19.1 Å². The van der Waals surface area contributed by atoms with Gasteiger partial charge in [-0.05, 0) is 45.1 Å². The van der Waals surface area contributed by atoms with Crippen molar-refractivity contribution in [2.45, 2.75) is 52.6 Å². The van der Waals surface area contributed by atoms with E-state index in [2.05, 4.69) is 10.6 Å². The SMILES string of the molecule is CCNC(=O)[C@@H](C)OC(=O)c1c(NC(C)=O)sc2c1CCCC2. The van der Waals surface area contributed by atoms with Crippen molar-refractivity contribution in [1.29, 1.82) is 0 Å². The van der Waals surface area contributed by atoms with E-state index < -0.39 is 12.1 Å². The Morgan fingerprint density at radius 3 is 2.61 bits per heavy atom. The van der Waals surface area contributed by atoms with Gasteiger partial charge >= 0.3 is 5.97 Å². The van der Waals surface area contributed by atoms with Gasteiger partial charge in [-0.1, -0.05) is 0 Å². The highest BCUT2D eigenvalue weighted by Crippen LogP contribution is 2.38. The minimum Gasteiger partial charge on any atom is -0.449 e. The molecule has 7 heteroatoms. The van der Waals surface area contributed by atoms with Crippen molar-refractivity contribution >= 4 is 34.1 Å². The highest BCUT2D eigenvalue weighted by atomic mass is 32.1. The lowest BCUT2D eigenvalue weighted by Crippen LogP contribution is -2.35. The number of carbonyl (C=O) groups is 3. The zero-order chi connectivity index (χ0) is 17.0. The molecule has 2 N–H and O–H groups in total. The molecule has 0 saturated heterocycles. The second-order valence-electron chi connectivity index (χ2n) is 5.54. The maximum Gasteiger partial charge on any atom is 0.342 e. The summed E-state index contributed by atoms with van der Waals surface area (Å²) in [7, 11) is 0. The molecule has 1 atom stereocenters. The van der Waals surface area contributed by atoms with Crippen LogP contribution in [0.25, 0.3) is 0 Å². The van der Waals surface area contributed by atoms with E-state index in [4.69, 9.17) is 4.74 Å². The molecule has 1 heterocycles. The second-order valence-corrected chi connectivity index (χ2v) is 6.64. The smallest absolute Gasteiger partial charge is 0.342 e. The van der Waals surface area contributed by atoms with Crippen LogP contribution in [0.5, 0.6) is 0 Å². The first-order valence-electron chi connectivity index (χ1n) is 7.84. The Balaban J connectivity index is 2.25. The summed E-state index contributed by atoms with van der Waals surface area (Å²) in [4.78, 5) is 36.8. The summed E-state index contributed by atoms with van der Waals surface area (Å²) in [5.74, 6) is -1.10. The molecule has 0 aliphatic heterocycles. The van der Waals surface area contributed by atoms with E-state index >= 15 is 0 Å². The van der Waals surface area contributed by atoms with Crippen molar-refractivity contribution in [2.75, 3.05) is 11.9 Å². The molecule has 2 rings (SSSR count). The van der Waals surface area contributed by atoms with Crippen LogP contribution in [0.4, 0.5) is 5.00 Å². The summed E-state index contributed by atoms with van der Waals surface area (Å²) in [6, 6.07) is 0. The molecule has 0 unspecified atom stereocenters. The number of aryl methyl sites for hydroxylation is 1. The van der Waals surface area contributed by atoms with Crippen LogP contribution < -0.4 is 10.6 Å². The van der Waals surface area contributed by atoms with Gasteiger partial charge in [-0.3, -0.25) is 9.59 Å². The molecule has 6 nitrogen and oxygen atoms in total. The minimum absolute atomic E-state index is 0.227. The van der Waals surface area contributed by atoms with Gasteiger partial charge in [0, 0.05) is 18.3 Å². The number of amides is 2. The zero-order valence-electron chi connectivity index (χ0n) is 13.7. The summed E-state index contributed by atoms with van der Waals surface area (Å²) >= 11 is 1.43. The fraction of sp³-hybridized carbons (Fsp3) is 0.562. The van der Waals surface area contributed by atoms with E-state index in [1.54, 1.807) is 13.8 Å². The van der Waals surface area contributed by atoms with Gasteiger partial charge in [0.2, 0.25) is 5.91 Å². The van der Waals surface area contributed by atoms with Crippen LogP contribution in [0.2, 0.25) is 0 Å². The van der Waals surface area contributed by atoms with Gasteiger partial charge in [-0.25, -0.2) is 4.79 Å². The van der Waals surface area contributed by atoms with Crippen LogP contribution in [-0.2, 0) is 27.2 Å². The summed E-state index contributed by atoms with van der Waals surface area (Å²) in [5.41, 5.74) is 1.37. The van der Waals surface area contributed by atoms with E-state index in [-0.39, 0.29) is 11.8 Å².